The second-order valence-electron chi connectivity index (χ2n) is 5.18. The molecule has 3 nitrogen and oxygen atoms in total. The summed E-state index contributed by atoms with van der Waals surface area (Å²) in [7, 11) is 0. The molecule has 0 saturated carbocycles. The number of aryl methyl sites for hydroxylation is 1. The second-order valence-corrected chi connectivity index (χ2v) is 5.18. The van der Waals surface area contributed by atoms with Gasteiger partial charge in [-0.2, -0.15) is 0 Å². The zero-order valence-electron chi connectivity index (χ0n) is 11.3. The van der Waals surface area contributed by atoms with Crippen molar-refractivity contribution in [3.63, 3.8) is 0 Å². The van der Waals surface area contributed by atoms with E-state index in [1.54, 1.807) is 0 Å². The highest BCUT2D eigenvalue weighted by molar-refractivity contribution is 5.22. The number of rotatable bonds is 5. The molecule has 1 aromatic carbocycles. The van der Waals surface area contributed by atoms with Crippen molar-refractivity contribution in [3.05, 3.63) is 35.4 Å². The Labute approximate surface area is 110 Å². The zero-order chi connectivity index (χ0) is 12.8. The second kappa shape index (κ2) is 6.88. The molecule has 1 saturated heterocycles. The third kappa shape index (κ3) is 4.09. The summed E-state index contributed by atoms with van der Waals surface area (Å²) >= 11 is 0. The fourth-order valence-corrected chi connectivity index (χ4v) is 2.53. The number of aliphatic hydroxyl groups excluding tert-OH is 1. The van der Waals surface area contributed by atoms with Crippen LogP contribution < -0.4 is 0 Å². The van der Waals surface area contributed by atoms with Gasteiger partial charge in [-0.15, -0.1) is 0 Å². The molecule has 100 valence electrons. The summed E-state index contributed by atoms with van der Waals surface area (Å²) in [4.78, 5) is 4.97. The average Bonchev–Trinajstić information content (AvgIpc) is 2.38. The number of aliphatic hydroxyl groups is 1. The summed E-state index contributed by atoms with van der Waals surface area (Å²) in [6.07, 6.45) is 0.901. The van der Waals surface area contributed by atoms with Gasteiger partial charge in [0.2, 0.25) is 0 Å². The SMILES string of the molecule is Cc1cccc(CN2CCN(CCCO)CC2)c1. The maximum atomic E-state index is 8.83. The first-order valence-corrected chi connectivity index (χ1v) is 6.89. The molecule has 1 aromatic rings. The van der Waals surface area contributed by atoms with Crippen molar-refractivity contribution >= 4 is 0 Å². The van der Waals surface area contributed by atoms with Crippen molar-refractivity contribution in [2.24, 2.45) is 0 Å². The Morgan fingerprint density at radius 1 is 1.11 bits per heavy atom. The lowest BCUT2D eigenvalue weighted by atomic mass is 10.1. The summed E-state index contributed by atoms with van der Waals surface area (Å²) in [5.41, 5.74) is 2.76. The molecule has 0 unspecified atom stereocenters. The van der Waals surface area contributed by atoms with Crippen LogP contribution in [0.4, 0.5) is 0 Å². The van der Waals surface area contributed by atoms with E-state index in [9.17, 15) is 0 Å². The summed E-state index contributed by atoms with van der Waals surface area (Å²) < 4.78 is 0. The molecule has 3 heteroatoms. The maximum Gasteiger partial charge on any atom is 0.0443 e. The van der Waals surface area contributed by atoms with Crippen LogP contribution in [0.5, 0.6) is 0 Å². The first-order chi connectivity index (χ1) is 8.78. The van der Waals surface area contributed by atoms with Gasteiger partial charge < -0.3 is 10.0 Å². The van der Waals surface area contributed by atoms with Crippen molar-refractivity contribution in [1.82, 2.24) is 9.80 Å². The molecule has 2 rings (SSSR count). The van der Waals surface area contributed by atoms with Gasteiger partial charge in [0.05, 0.1) is 0 Å². The molecule has 18 heavy (non-hydrogen) atoms. The zero-order valence-corrected chi connectivity index (χ0v) is 11.3. The van der Waals surface area contributed by atoms with Gasteiger partial charge in [-0.3, -0.25) is 4.90 Å². The van der Waals surface area contributed by atoms with E-state index in [2.05, 4.69) is 41.0 Å². The lowest BCUT2D eigenvalue weighted by molar-refractivity contribution is 0.120. The van der Waals surface area contributed by atoms with Gasteiger partial charge in [0.25, 0.3) is 0 Å². The Kier molecular flexibility index (Phi) is 5.17. The van der Waals surface area contributed by atoms with Crippen LogP contribution in [0.15, 0.2) is 24.3 Å². The van der Waals surface area contributed by atoms with Gasteiger partial charge in [-0.25, -0.2) is 0 Å². The average molecular weight is 248 g/mol. The van der Waals surface area contributed by atoms with Crippen molar-refractivity contribution in [2.45, 2.75) is 19.9 Å². The van der Waals surface area contributed by atoms with E-state index in [1.165, 1.54) is 11.1 Å². The van der Waals surface area contributed by atoms with Crippen LogP contribution >= 0.6 is 0 Å². The van der Waals surface area contributed by atoms with Crippen LogP contribution in [0.3, 0.4) is 0 Å². The van der Waals surface area contributed by atoms with E-state index in [0.29, 0.717) is 6.61 Å². The van der Waals surface area contributed by atoms with E-state index in [-0.39, 0.29) is 0 Å². The summed E-state index contributed by atoms with van der Waals surface area (Å²) in [6.45, 7) is 9.10. The molecule has 1 N–H and O–H groups in total. The van der Waals surface area contributed by atoms with E-state index in [1.807, 2.05) is 0 Å². The molecule has 1 aliphatic rings. The Morgan fingerprint density at radius 3 is 2.50 bits per heavy atom. The molecule has 1 aliphatic heterocycles. The molecular formula is C15H24N2O. The minimum atomic E-state index is 0.309. The summed E-state index contributed by atoms with van der Waals surface area (Å²) in [5, 5.41) is 8.83. The number of hydrogen-bond acceptors (Lipinski definition) is 3. The third-order valence-corrected chi connectivity index (χ3v) is 3.59. The van der Waals surface area contributed by atoms with Crippen LogP contribution in [0.1, 0.15) is 17.5 Å². The lowest BCUT2D eigenvalue weighted by Gasteiger charge is -2.34. The Bertz CT molecular complexity index is 359. The number of piperazine rings is 1. The molecule has 0 aromatic heterocycles. The van der Waals surface area contributed by atoms with Gasteiger partial charge in [-0.1, -0.05) is 29.8 Å². The normalized spacial score (nSPS) is 18.1. The highest BCUT2D eigenvalue weighted by atomic mass is 16.3. The van der Waals surface area contributed by atoms with Gasteiger partial charge in [0.1, 0.15) is 0 Å². The highest BCUT2D eigenvalue weighted by Crippen LogP contribution is 2.10. The molecule has 1 heterocycles. The molecule has 1 fully saturated rings. The Balaban J connectivity index is 1.76. The molecule has 0 atom stereocenters. The number of hydrogen-bond donors (Lipinski definition) is 1. The van der Waals surface area contributed by atoms with E-state index in [4.69, 9.17) is 5.11 Å². The topological polar surface area (TPSA) is 26.7 Å². The third-order valence-electron chi connectivity index (χ3n) is 3.59. The summed E-state index contributed by atoms with van der Waals surface area (Å²) in [6, 6.07) is 8.78. The van der Waals surface area contributed by atoms with Crippen molar-refractivity contribution in [2.75, 3.05) is 39.3 Å². The first-order valence-electron chi connectivity index (χ1n) is 6.89. The van der Waals surface area contributed by atoms with E-state index >= 15 is 0 Å². The predicted octanol–water partition coefficient (Wildman–Crippen LogP) is 1.50. The monoisotopic (exact) mass is 248 g/mol. The molecule has 0 bridgehead atoms. The molecule has 0 amide bonds. The standard InChI is InChI=1S/C15H24N2O/c1-14-4-2-5-15(12-14)13-17-9-7-16(8-10-17)6-3-11-18/h2,4-5,12,18H,3,6-11,13H2,1H3. The molecule has 0 radical (unpaired) electrons. The summed E-state index contributed by atoms with van der Waals surface area (Å²) in [5.74, 6) is 0. The first kappa shape index (κ1) is 13.5. The molecule has 0 spiro atoms. The molecular weight excluding hydrogens is 224 g/mol. The van der Waals surface area contributed by atoms with Crippen LogP contribution in [0, 0.1) is 6.92 Å². The predicted molar refractivity (Wildman–Crippen MR) is 74.6 cm³/mol. The van der Waals surface area contributed by atoms with Crippen LogP contribution in [0.25, 0.3) is 0 Å². The fraction of sp³-hybridized carbons (Fsp3) is 0.600. The van der Waals surface area contributed by atoms with Crippen LogP contribution in [-0.2, 0) is 6.54 Å². The quantitative estimate of drug-likeness (QED) is 0.855. The van der Waals surface area contributed by atoms with Crippen LogP contribution in [0.2, 0.25) is 0 Å². The van der Waals surface area contributed by atoms with E-state index < -0.39 is 0 Å². The minimum Gasteiger partial charge on any atom is -0.396 e. The van der Waals surface area contributed by atoms with Crippen molar-refractivity contribution < 1.29 is 5.11 Å². The maximum absolute atomic E-state index is 8.83. The Hall–Kier alpha value is -0.900. The Morgan fingerprint density at radius 2 is 1.83 bits per heavy atom. The van der Waals surface area contributed by atoms with Gasteiger partial charge in [-0.05, 0) is 18.9 Å². The largest absolute Gasteiger partial charge is 0.396 e. The smallest absolute Gasteiger partial charge is 0.0443 e. The highest BCUT2D eigenvalue weighted by Gasteiger charge is 2.16. The fourth-order valence-electron chi connectivity index (χ4n) is 2.53. The molecule has 0 aliphatic carbocycles. The number of nitrogens with zero attached hydrogens (tertiary/aromatic N) is 2. The van der Waals surface area contributed by atoms with Gasteiger partial charge in [0, 0.05) is 45.9 Å². The van der Waals surface area contributed by atoms with Crippen LogP contribution in [-0.4, -0.2) is 54.2 Å². The van der Waals surface area contributed by atoms with Gasteiger partial charge in [0.15, 0.2) is 0 Å². The lowest BCUT2D eigenvalue weighted by Crippen LogP contribution is -2.46. The van der Waals surface area contributed by atoms with Crippen molar-refractivity contribution in [1.29, 1.82) is 0 Å². The van der Waals surface area contributed by atoms with E-state index in [0.717, 1.165) is 45.7 Å². The van der Waals surface area contributed by atoms with Gasteiger partial charge >= 0.3 is 0 Å². The number of benzene rings is 1. The minimum absolute atomic E-state index is 0.309. The van der Waals surface area contributed by atoms with Crippen molar-refractivity contribution in [3.8, 4) is 0 Å².